The van der Waals surface area contributed by atoms with Gasteiger partial charge in [0.05, 0.1) is 18.1 Å². The van der Waals surface area contributed by atoms with Crippen LogP contribution in [-0.4, -0.2) is 50.2 Å². The van der Waals surface area contributed by atoms with Crippen molar-refractivity contribution in [1.29, 1.82) is 0 Å². The zero-order valence-electron chi connectivity index (χ0n) is 10.9. The van der Waals surface area contributed by atoms with Crippen LogP contribution in [0.5, 0.6) is 0 Å². The molecule has 4 nitrogen and oxygen atoms in total. The van der Waals surface area contributed by atoms with Gasteiger partial charge in [0.2, 0.25) is 0 Å². The average Bonchev–Trinajstić information content (AvgIpc) is 2.52. The Kier molecular flexibility index (Phi) is 4.78. The van der Waals surface area contributed by atoms with Crippen molar-refractivity contribution in [2.75, 3.05) is 31.1 Å². The van der Waals surface area contributed by atoms with E-state index in [0.717, 1.165) is 19.4 Å². The summed E-state index contributed by atoms with van der Waals surface area (Å²) >= 11 is 0. The molecule has 2 fully saturated rings. The number of nitrogens with zero attached hydrogens (tertiary/aromatic N) is 1. The number of hydrogen-bond acceptors (Lipinski definition) is 4. The Morgan fingerprint density at radius 3 is 2.44 bits per heavy atom. The van der Waals surface area contributed by atoms with E-state index in [0.29, 0.717) is 25.3 Å². The molecule has 0 N–H and O–H groups in total. The van der Waals surface area contributed by atoms with Crippen molar-refractivity contribution < 1.29 is 13.2 Å². The summed E-state index contributed by atoms with van der Waals surface area (Å²) in [6, 6.07) is 0. The van der Waals surface area contributed by atoms with Crippen LogP contribution in [0.3, 0.4) is 0 Å². The van der Waals surface area contributed by atoms with Gasteiger partial charge in [0.15, 0.2) is 9.84 Å². The molecule has 2 aliphatic rings. The molecule has 1 saturated carbocycles. The SMILES string of the molecule is O=C(CN1CCCS(=O)(=O)CC1)C1CCCCC1. The molecule has 18 heavy (non-hydrogen) atoms. The van der Waals surface area contributed by atoms with Crippen LogP contribution in [0.25, 0.3) is 0 Å². The molecule has 0 spiro atoms. The van der Waals surface area contributed by atoms with Gasteiger partial charge in [-0.2, -0.15) is 0 Å². The van der Waals surface area contributed by atoms with Crippen molar-refractivity contribution in [1.82, 2.24) is 4.90 Å². The Morgan fingerprint density at radius 1 is 1.00 bits per heavy atom. The number of carbonyl (C=O) groups is 1. The maximum Gasteiger partial charge on any atom is 0.151 e. The Morgan fingerprint density at radius 2 is 1.72 bits per heavy atom. The van der Waals surface area contributed by atoms with Gasteiger partial charge >= 0.3 is 0 Å². The summed E-state index contributed by atoms with van der Waals surface area (Å²) in [5, 5.41) is 0. The predicted octanol–water partition coefficient (Wildman–Crippen LogP) is 1.26. The van der Waals surface area contributed by atoms with E-state index >= 15 is 0 Å². The molecular formula is C13H23NO3S. The molecule has 0 unspecified atom stereocenters. The van der Waals surface area contributed by atoms with Gasteiger partial charge in [0.25, 0.3) is 0 Å². The summed E-state index contributed by atoms with van der Waals surface area (Å²) in [4.78, 5) is 14.2. The number of carbonyl (C=O) groups excluding carboxylic acids is 1. The van der Waals surface area contributed by atoms with Gasteiger partial charge in [-0.15, -0.1) is 0 Å². The van der Waals surface area contributed by atoms with E-state index in [-0.39, 0.29) is 17.4 Å². The highest BCUT2D eigenvalue weighted by atomic mass is 32.2. The van der Waals surface area contributed by atoms with Crippen molar-refractivity contribution in [3.8, 4) is 0 Å². The molecule has 1 saturated heterocycles. The van der Waals surface area contributed by atoms with Crippen LogP contribution in [0.15, 0.2) is 0 Å². The lowest BCUT2D eigenvalue weighted by molar-refractivity contribution is -0.124. The Labute approximate surface area is 110 Å². The van der Waals surface area contributed by atoms with Crippen LogP contribution in [0.2, 0.25) is 0 Å². The van der Waals surface area contributed by atoms with Gasteiger partial charge in [0.1, 0.15) is 5.78 Å². The largest absolute Gasteiger partial charge is 0.298 e. The standard InChI is InChI=1S/C13H23NO3S/c15-13(12-5-2-1-3-6-12)11-14-7-4-9-18(16,17)10-8-14/h12H,1-11H2. The van der Waals surface area contributed by atoms with Crippen LogP contribution in [-0.2, 0) is 14.6 Å². The van der Waals surface area contributed by atoms with E-state index in [1.165, 1.54) is 19.3 Å². The molecule has 0 atom stereocenters. The predicted molar refractivity (Wildman–Crippen MR) is 71.3 cm³/mol. The lowest BCUT2D eigenvalue weighted by atomic mass is 9.86. The fraction of sp³-hybridized carbons (Fsp3) is 0.923. The second-order valence-electron chi connectivity index (χ2n) is 5.58. The summed E-state index contributed by atoms with van der Waals surface area (Å²) in [7, 11) is -2.87. The number of Topliss-reactive ketones (excluding diaryl/α,β-unsaturated/α-hetero) is 1. The van der Waals surface area contributed by atoms with E-state index in [9.17, 15) is 13.2 Å². The molecule has 0 aromatic rings. The first-order valence-electron chi connectivity index (χ1n) is 7.02. The molecule has 1 heterocycles. The quantitative estimate of drug-likeness (QED) is 0.777. The average molecular weight is 273 g/mol. The zero-order valence-corrected chi connectivity index (χ0v) is 11.8. The molecule has 0 aromatic carbocycles. The zero-order chi connectivity index (χ0) is 13.0. The normalized spacial score (nSPS) is 26.7. The van der Waals surface area contributed by atoms with Crippen molar-refractivity contribution in [2.45, 2.75) is 38.5 Å². The summed E-state index contributed by atoms with van der Waals surface area (Å²) in [5.74, 6) is 1.05. The molecule has 1 aliphatic carbocycles. The fourth-order valence-corrected chi connectivity index (χ4v) is 4.23. The van der Waals surface area contributed by atoms with Gasteiger partial charge < -0.3 is 0 Å². The van der Waals surface area contributed by atoms with Crippen LogP contribution >= 0.6 is 0 Å². The number of hydrogen-bond donors (Lipinski definition) is 0. The summed E-state index contributed by atoms with van der Waals surface area (Å²) in [5.41, 5.74) is 0. The van der Waals surface area contributed by atoms with E-state index in [4.69, 9.17) is 0 Å². The highest BCUT2D eigenvalue weighted by Crippen LogP contribution is 2.24. The maximum atomic E-state index is 12.1. The summed E-state index contributed by atoms with van der Waals surface area (Å²) in [6.45, 7) is 1.73. The summed E-state index contributed by atoms with van der Waals surface area (Å²) in [6.07, 6.45) is 6.33. The third-order valence-electron chi connectivity index (χ3n) is 4.09. The van der Waals surface area contributed by atoms with Crippen LogP contribution in [0.1, 0.15) is 38.5 Å². The minimum atomic E-state index is -2.87. The van der Waals surface area contributed by atoms with Crippen LogP contribution in [0, 0.1) is 5.92 Å². The number of sulfone groups is 1. The van der Waals surface area contributed by atoms with Crippen LogP contribution in [0.4, 0.5) is 0 Å². The lowest BCUT2D eigenvalue weighted by Gasteiger charge is -2.24. The van der Waals surface area contributed by atoms with E-state index < -0.39 is 9.84 Å². The molecule has 104 valence electrons. The van der Waals surface area contributed by atoms with Gasteiger partial charge in [-0.3, -0.25) is 9.69 Å². The first kappa shape index (κ1) is 14.0. The van der Waals surface area contributed by atoms with Crippen molar-refractivity contribution in [3.63, 3.8) is 0 Å². The Bertz CT molecular complexity index is 385. The minimum Gasteiger partial charge on any atom is -0.298 e. The Balaban J connectivity index is 1.83. The van der Waals surface area contributed by atoms with Gasteiger partial charge in [-0.05, 0) is 25.8 Å². The molecular weight excluding hydrogens is 250 g/mol. The van der Waals surface area contributed by atoms with Gasteiger partial charge in [0, 0.05) is 12.5 Å². The molecule has 1 aliphatic heterocycles. The molecule has 2 rings (SSSR count). The van der Waals surface area contributed by atoms with Gasteiger partial charge in [-0.1, -0.05) is 19.3 Å². The smallest absolute Gasteiger partial charge is 0.151 e. The molecule has 0 aromatic heterocycles. The highest BCUT2D eigenvalue weighted by molar-refractivity contribution is 7.91. The van der Waals surface area contributed by atoms with E-state index in [1.54, 1.807) is 0 Å². The fourth-order valence-electron chi connectivity index (χ4n) is 2.92. The number of ketones is 1. The second kappa shape index (κ2) is 6.15. The highest BCUT2D eigenvalue weighted by Gasteiger charge is 2.25. The first-order valence-corrected chi connectivity index (χ1v) is 8.84. The third kappa shape index (κ3) is 4.05. The summed E-state index contributed by atoms with van der Waals surface area (Å²) < 4.78 is 23.0. The van der Waals surface area contributed by atoms with Crippen molar-refractivity contribution in [2.24, 2.45) is 5.92 Å². The molecule has 5 heteroatoms. The Hall–Kier alpha value is -0.420. The van der Waals surface area contributed by atoms with E-state index in [1.807, 2.05) is 4.90 Å². The van der Waals surface area contributed by atoms with Crippen LogP contribution < -0.4 is 0 Å². The van der Waals surface area contributed by atoms with Crippen molar-refractivity contribution in [3.05, 3.63) is 0 Å². The maximum absolute atomic E-state index is 12.1. The monoisotopic (exact) mass is 273 g/mol. The minimum absolute atomic E-state index is 0.213. The topological polar surface area (TPSA) is 54.5 Å². The molecule has 0 amide bonds. The first-order chi connectivity index (χ1) is 8.57. The van der Waals surface area contributed by atoms with Gasteiger partial charge in [-0.25, -0.2) is 8.42 Å². The lowest BCUT2D eigenvalue weighted by Crippen LogP contribution is -2.35. The molecule has 0 radical (unpaired) electrons. The molecule has 0 bridgehead atoms. The van der Waals surface area contributed by atoms with E-state index in [2.05, 4.69) is 0 Å². The number of rotatable bonds is 3. The van der Waals surface area contributed by atoms with Crippen molar-refractivity contribution >= 4 is 15.6 Å². The second-order valence-corrected chi connectivity index (χ2v) is 7.89. The third-order valence-corrected chi connectivity index (χ3v) is 5.80.